The molecule has 0 aromatic carbocycles. The Hall–Kier alpha value is -1.56. The maximum Gasteiger partial charge on any atom is 0.255 e. The number of aliphatic hydroxyl groups excluding tert-OH is 4. The largest absolute Gasteiger partial charge is 0.394 e. The Kier molecular flexibility index (Phi) is 16.1. The molecule has 0 aromatic rings. The Morgan fingerprint density at radius 3 is 2.33 bits per heavy atom. The van der Waals surface area contributed by atoms with Crippen molar-refractivity contribution in [3.63, 3.8) is 0 Å². The van der Waals surface area contributed by atoms with Crippen molar-refractivity contribution in [1.29, 1.82) is 0 Å². The zero-order valence-corrected chi connectivity index (χ0v) is 35.2. The van der Waals surface area contributed by atoms with E-state index in [0.29, 0.717) is 36.7 Å². The summed E-state index contributed by atoms with van der Waals surface area (Å²) in [6.07, 6.45) is 15.2. The number of hydrogen-bond donors (Lipinski definition) is 5. The van der Waals surface area contributed by atoms with Crippen LogP contribution in [0, 0.1) is 46.3 Å². The van der Waals surface area contributed by atoms with Crippen LogP contribution >= 0.6 is 0 Å². The van der Waals surface area contributed by atoms with Gasteiger partial charge in [0, 0.05) is 19.2 Å². The summed E-state index contributed by atoms with van der Waals surface area (Å²) < 4.78 is 11.2. The van der Waals surface area contributed by atoms with Crippen LogP contribution < -0.4 is 5.32 Å². The van der Waals surface area contributed by atoms with Crippen molar-refractivity contribution in [2.75, 3.05) is 33.5 Å². The van der Waals surface area contributed by atoms with E-state index in [0.717, 1.165) is 75.0 Å². The van der Waals surface area contributed by atoms with Gasteiger partial charge in [-0.25, -0.2) is 0 Å². The molecule has 0 bridgehead atoms. The van der Waals surface area contributed by atoms with Crippen LogP contribution in [0.5, 0.6) is 0 Å². The smallest absolute Gasteiger partial charge is 0.255 e. The van der Waals surface area contributed by atoms with Gasteiger partial charge in [-0.3, -0.25) is 9.59 Å². The van der Waals surface area contributed by atoms with Crippen LogP contribution in [-0.2, 0) is 19.1 Å². The Morgan fingerprint density at radius 2 is 1.65 bits per heavy atom. The van der Waals surface area contributed by atoms with Crippen molar-refractivity contribution >= 4 is 11.8 Å². The van der Waals surface area contributed by atoms with E-state index in [4.69, 9.17) is 9.47 Å². The van der Waals surface area contributed by atoms with Gasteiger partial charge in [0.15, 0.2) is 6.10 Å². The highest BCUT2D eigenvalue weighted by Gasteiger charge is 2.59. The normalized spacial score (nSPS) is 33.9. The van der Waals surface area contributed by atoms with E-state index in [9.17, 15) is 30.0 Å². The number of aliphatic hydroxyl groups is 4. The molecule has 5 rings (SSSR count). The van der Waals surface area contributed by atoms with Gasteiger partial charge in [0.25, 0.3) is 5.91 Å². The van der Waals surface area contributed by atoms with E-state index in [-0.39, 0.29) is 30.6 Å². The van der Waals surface area contributed by atoms with Crippen LogP contribution in [0.4, 0.5) is 0 Å². The minimum absolute atomic E-state index is 0.00525. The molecule has 0 heterocycles. The van der Waals surface area contributed by atoms with Crippen molar-refractivity contribution in [3.05, 3.63) is 11.6 Å². The van der Waals surface area contributed by atoms with E-state index < -0.39 is 42.9 Å². The lowest BCUT2D eigenvalue weighted by Gasteiger charge is -2.59. The fourth-order valence-electron chi connectivity index (χ4n) is 12.4. The van der Waals surface area contributed by atoms with Crippen molar-refractivity contribution < 1.29 is 39.5 Å². The first-order valence-electron chi connectivity index (χ1n) is 22.3. The average molecular weight is 775 g/mol. The van der Waals surface area contributed by atoms with Crippen molar-refractivity contribution in [1.82, 2.24) is 10.2 Å². The SMILES string of the molecule is COCCOCC(C(=O)NC1CCCCCC1)N(C(=O)[C@@H](O)[C@H](O)[C@H](O)CO)C1CC[C@@]2(C)C(=CC[C@H]3[C@@H]4CC[C@H]([C@H](C)CCCC(C)C)[C@@]4(C)CC[C@@H]32)C1. The molecular weight excluding hydrogens is 697 g/mol. The topological polar surface area (TPSA) is 149 Å². The van der Waals surface area contributed by atoms with E-state index in [1.54, 1.807) is 7.11 Å². The van der Waals surface area contributed by atoms with E-state index in [1.807, 2.05) is 0 Å². The molecule has 316 valence electrons. The van der Waals surface area contributed by atoms with Crippen LogP contribution in [0.25, 0.3) is 0 Å². The summed E-state index contributed by atoms with van der Waals surface area (Å²) in [6.45, 7) is 11.9. The first-order chi connectivity index (χ1) is 26.3. The van der Waals surface area contributed by atoms with Crippen LogP contribution in [0.15, 0.2) is 11.6 Å². The molecule has 0 aliphatic heterocycles. The second-order valence-electron chi connectivity index (χ2n) is 19.4. The van der Waals surface area contributed by atoms with Gasteiger partial charge in [-0.15, -0.1) is 0 Å². The molecule has 0 saturated heterocycles. The number of nitrogens with one attached hydrogen (secondary N) is 1. The fourth-order valence-corrected chi connectivity index (χ4v) is 12.4. The molecule has 5 aliphatic rings. The lowest BCUT2D eigenvalue weighted by molar-refractivity contribution is -0.164. The highest BCUT2D eigenvalue weighted by Crippen LogP contribution is 2.67. The molecule has 4 saturated carbocycles. The molecular formula is C45H78N2O8. The number of methoxy groups -OCH3 is 1. The summed E-state index contributed by atoms with van der Waals surface area (Å²) in [7, 11) is 1.58. The molecule has 0 aromatic heterocycles. The number of rotatable bonds is 18. The van der Waals surface area contributed by atoms with E-state index >= 15 is 0 Å². The highest BCUT2D eigenvalue weighted by molar-refractivity contribution is 5.90. The lowest BCUT2D eigenvalue weighted by Crippen LogP contribution is -2.62. The second kappa shape index (κ2) is 19.9. The minimum atomic E-state index is -2.02. The molecule has 12 atom stereocenters. The summed E-state index contributed by atoms with van der Waals surface area (Å²) in [5.74, 6) is 3.11. The van der Waals surface area contributed by atoms with E-state index in [2.05, 4.69) is 46.0 Å². The molecule has 55 heavy (non-hydrogen) atoms. The third-order valence-corrected chi connectivity index (χ3v) is 15.6. The molecule has 2 unspecified atom stereocenters. The highest BCUT2D eigenvalue weighted by atomic mass is 16.5. The van der Waals surface area contributed by atoms with Crippen molar-refractivity contribution in [2.45, 2.75) is 180 Å². The number of fused-ring (bicyclic) bond motifs is 5. The number of ether oxygens (including phenoxy) is 2. The monoisotopic (exact) mass is 775 g/mol. The van der Waals surface area contributed by atoms with Crippen LogP contribution in [0.3, 0.4) is 0 Å². The molecule has 0 spiro atoms. The first-order valence-corrected chi connectivity index (χ1v) is 22.3. The van der Waals surface area contributed by atoms with Gasteiger partial charge < -0.3 is 40.1 Å². The second-order valence-corrected chi connectivity index (χ2v) is 19.4. The number of nitrogens with zero attached hydrogens (tertiary/aromatic N) is 1. The van der Waals surface area contributed by atoms with Gasteiger partial charge in [0.1, 0.15) is 18.2 Å². The quantitative estimate of drug-likeness (QED) is 0.0631. The van der Waals surface area contributed by atoms with Gasteiger partial charge in [-0.2, -0.15) is 0 Å². The lowest BCUT2D eigenvalue weighted by atomic mass is 9.46. The number of amides is 2. The van der Waals surface area contributed by atoms with Gasteiger partial charge in [0.05, 0.1) is 26.4 Å². The molecule has 0 radical (unpaired) electrons. The van der Waals surface area contributed by atoms with Gasteiger partial charge in [-0.05, 0) is 111 Å². The van der Waals surface area contributed by atoms with Crippen molar-refractivity contribution in [2.24, 2.45) is 46.3 Å². The maximum absolute atomic E-state index is 14.4. The Balaban J connectivity index is 1.40. The summed E-state index contributed by atoms with van der Waals surface area (Å²) in [6, 6.07) is -1.48. The van der Waals surface area contributed by atoms with Crippen LogP contribution in [0.1, 0.15) is 144 Å². The Bertz CT molecular complexity index is 1270. The summed E-state index contributed by atoms with van der Waals surface area (Å²) in [5.41, 5.74) is 1.73. The third-order valence-electron chi connectivity index (χ3n) is 15.6. The summed E-state index contributed by atoms with van der Waals surface area (Å²) in [4.78, 5) is 30.2. The molecule has 4 fully saturated rings. The average Bonchev–Trinajstić information content (AvgIpc) is 3.32. The molecule has 5 aliphatic carbocycles. The number of carbonyl (C=O) groups is 2. The standard InChI is InChI=1S/C45H78N2O8/c1-29(2)12-11-13-30(3)35-18-19-36-34-17-16-31-26-33(20-22-44(31,4)37(34)21-23-45(35,36)5)47(43(53)41(51)40(50)39(49)27-48)38(28-55-25-24-54-6)42(52)46-32-14-9-7-8-10-15-32/h16,29-30,32-41,48-51H,7-15,17-28H2,1-6H3,(H,46,52)/t30-,33?,34+,35-,36+,37+,38?,39-,40-,41+,44+,45-/m1/s1. The minimum Gasteiger partial charge on any atom is -0.394 e. The van der Waals surface area contributed by atoms with E-state index in [1.165, 1.54) is 55.4 Å². The Labute approximate surface area is 332 Å². The first kappa shape index (κ1) is 44.5. The van der Waals surface area contributed by atoms with Gasteiger partial charge in [-0.1, -0.05) is 91.2 Å². The summed E-state index contributed by atoms with van der Waals surface area (Å²) in [5, 5.41) is 45.1. The molecule has 5 N–H and O–H groups in total. The van der Waals surface area contributed by atoms with Gasteiger partial charge in [0.2, 0.25) is 5.91 Å². The number of allylic oxidation sites excluding steroid dienone is 1. The molecule has 10 nitrogen and oxygen atoms in total. The number of carbonyl (C=O) groups excluding carboxylic acids is 2. The maximum atomic E-state index is 14.4. The number of hydrogen-bond acceptors (Lipinski definition) is 8. The Morgan fingerprint density at radius 1 is 0.927 bits per heavy atom. The summed E-state index contributed by atoms with van der Waals surface area (Å²) >= 11 is 0. The van der Waals surface area contributed by atoms with Crippen LogP contribution in [0.2, 0.25) is 0 Å². The van der Waals surface area contributed by atoms with Gasteiger partial charge >= 0.3 is 0 Å². The predicted molar refractivity (Wildman–Crippen MR) is 215 cm³/mol. The zero-order valence-electron chi connectivity index (χ0n) is 35.2. The van der Waals surface area contributed by atoms with Crippen LogP contribution in [-0.4, -0.2) is 107 Å². The fraction of sp³-hybridized carbons (Fsp3) is 0.911. The molecule has 10 heteroatoms. The van der Waals surface area contributed by atoms with Crippen molar-refractivity contribution in [3.8, 4) is 0 Å². The molecule has 2 amide bonds. The zero-order chi connectivity index (χ0) is 39.9. The third kappa shape index (κ3) is 10.0. The predicted octanol–water partition coefficient (Wildman–Crippen LogP) is 6.17.